The summed E-state index contributed by atoms with van der Waals surface area (Å²) in [6.07, 6.45) is 7.96. The van der Waals surface area contributed by atoms with Gasteiger partial charge in [0.25, 0.3) is 5.69 Å². The SMILES string of the molecule is O=[N+]([O-])c1ccc(CCCCOCCCCCCBr)cc1. The molecule has 0 aromatic heterocycles. The number of hydrogen-bond donors (Lipinski definition) is 0. The Morgan fingerprint density at radius 1 is 0.952 bits per heavy atom. The van der Waals surface area contributed by atoms with Crippen LogP contribution >= 0.6 is 15.9 Å². The Hall–Kier alpha value is -0.940. The molecule has 1 aromatic rings. The lowest BCUT2D eigenvalue weighted by molar-refractivity contribution is -0.384. The number of nitro benzene ring substituents is 1. The van der Waals surface area contributed by atoms with Crippen LogP contribution in [0.4, 0.5) is 5.69 Å². The second kappa shape index (κ2) is 11.7. The molecule has 0 saturated heterocycles. The van der Waals surface area contributed by atoms with Gasteiger partial charge in [-0.05, 0) is 37.7 Å². The van der Waals surface area contributed by atoms with E-state index in [9.17, 15) is 10.1 Å². The highest BCUT2D eigenvalue weighted by molar-refractivity contribution is 9.09. The van der Waals surface area contributed by atoms with Crippen LogP contribution in [0.15, 0.2) is 24.3 Å². The van der Waals surface area contributed by atoms with Crippen LogP contribution in [0.2, 0.25) is 0 Å². The average molecular weight is 358 g/mol. The molecule has 0 N–H and O–H groups in total. The van der Waals surface area contributed by atoms with Crippen LogP contribution in [0.1, 0.15) is 44.1 Å². The highest BCUT2D eigenvalue weighted by Gasteiger charge is 2.03. The van der Waals surface area contributed by atoms with Gasteiger partial charge in [0, 0.05) is 30.7 Å². The third-order valence-electron chi connectivity index (χ3n) is 3.32. The number of nitrogens with zero attached hydrogens (tertiary/aromatic N) is 1. The largest absolute Gasteiger partial charge is 0.381 e. The molecule has 0 aliphatic rings. The molecule has 0 amide bonds. The van der Waals surface area contributed by atoms with Crippen molar-refractivity contribution in [3.8, 4) is 0 Å². The van der Waals surface area contributed by atoms with Gasteiger partial charge in [-0.3, -0.25) is 10.1 Å². The Bertz CT molecular complexity index is 395. The molecule has 0 aliphatic carbocycles. The fraction of sp³-hybridized carbons (Fsp3) is 0.625. The Kier molecular flexibility index (Phi) is 10.1. The molecule has 0 spiro atoms. The fourth-order valence-corrected chi connectivity index (χ4v) is 2.47. The maximum absolute atomic E-state index is 10.5. The van der Waals surface area contributed by atoms with Crippen LogP contribution < -0.4 is 0 Å². The van der Waals surface area contributed by atoms with Gasteiger partial charge in [-0.25, -0.2) is 0 Å². The van der Waals surface area contributed by atoms with E-state index in [0.29, 0.717) is 0 Å². The predicted molar refractivity (Wildman–Crippen MR) is 89.1 cm³/mol. The van der Waals surface area contributed by atoms with Crippen molar-refractivity contribution in [2.24, 2.45) is 0 Å². The number of rotatable bonds is 12. The summed E-state index contributed by atoms with van der Waals surface area (Å²) in [4.78, 5) is 10.2. The van der Waals surface area contributed by atoms with Crippen molar-refractivity contribution in [3.63, 3.8) is 0 Å². The predicted octanol–water partition coefficient (Wildman–Crippen LogP) is 4.89. The Morgan fingerprint density at radius 2 is 1.57 bits per heavy atom. The number of nitro groups is 1. The Morgan fingerprint density at radius 3 is 2.19 bits per heavy atom. The molecule has 4 nitrogen and oxygen atoms in total. The second-order valence-electron chi connectivity index (χ2n) is 5.10. The van der Waals surface area contributed by atoms with Crippen LogP contribution in [0, 0.1) is 10.1 Å². The summed E-state index contributed by atoms with van der Waals surface area (Å²) >= 11 is 3.43. The van der Waals surface area contributed by atoms with E-state index in [4.69, 9.17) is 4.74 Å². The molecule has 1 aromatic carbocycles. The van der Waals surface area contributed by atoms with E-state index in [0.717, 1.165) is 49.8 Å². The molecular weight excluding hydrogens is 334 g/mol. The quantitative estimate of drug-likeness (QED) is 0.231. The molecule has 1 rings (SSSR count). The minimum Gasteiger partial charge on any atom is -0.381 e. The first-order valence-corrected chi connectivity index (χ1v) is 8.73. The van der Waals surface area contributed by atoms with Gasteiger partial charge in [0.05, 0.1) is 4.92 Å². The molecule has 21 heavy (non-hydrogen) atoms. The molecule has 5 heteroatoms. The summed E-state index contributed by atoms with van der Waals surface area (Å²) in [7, 11) is 0. The molecule has 0 radical (unpaired) electrons. The topological polar surface area (TPSA) is 52.4 Å². The summed E-state index contributed by atoms with van der Waals surface area (Å²) in [5.74, 6) is 0. The summed E-state index contributed by atoms with van der Waals surface area (Å²) in [6, 6.07) is 6.81. The van der Waals surface area contributed by atoms with Crippen LogP contribution in [0.25, 0.3) is 0 Å². The number of benzene rings is 1. The lowest BCUT2D eigenvalue weighted by Crippen LogP contribution is -1.98. The monoisotopic (exact) mass is 357 g/mol. The minimum absolute atomic E-state index is 0.155. The second-order valence-corrected chi connectivity index (χ2v) is 5.89. The first kappa shape index (κ1) is 18.1. The van der Waals surface area contributed by atoms with Gasteiger partial charge in [0.1, 0.15) is 0 Å². The van der Waals surface area contributed by atoms with Crippen LogP contribution in [0.3, 0.4) is 0 Å². The standard InChI is InChI=1S/C16H24BrNO3/c17-12-4-1-2-5-13-21-14-6-3-7-15-8-10-16(11-9-15)18(19)20/h8-11H,1-7,12-14H2. The van der Waals surface area contributed by atoms with Crippen LogP contribution in [-0.4, -0.2) is 23.5 Å². The molecular formula is C16H24BrNO3. The van der Waals surface area contributed by atoms with E-state index >= 15 is 0 Å². The van der Waals surface area contributed by atoms with Crippen molar-refractivity contribution in [1.29, 1.82) is 0 Å². The fourth-order valence-electron chi connectivity index (χ4n) is 2.07. The summed E-state index contributed by atoms with van der Waals surface area (Å²) in [6.45, 7) is 1.67. The normalized spacial score (nSPS) is 10.7. The molecule has 0 unspecified atom stereocenters. The van der Waals surface area contributed by atoms with E-state index in [-0.39, 0.29) is 10.6 Å². The van der Waals surface area contributed by atoms with Crippen molar-refractivity contribution < 1.29 is 9.66 Å². The molecule has 0 bridgehead atoms. The van der Waals surface area contributed by atoms with Crippen molar-refractivity contribution in [1.82, 2.24) is 0 Å². The van der Waals surface area contributed by atoms with Gasteiger partial charge in [-0.15, -0.1) is 0 Å². The lowest BCUT2D eigenvalue weighted by atomic mass is 10.1. The van der Waals surface area contributed by atoms with Crippen molar-refractivity contribution in [2.45, 2.75) is 44.9 Å². The van der Waals surface area contributed by atoms with Gasteiger partial charge in [-0.1, -0.05) is 40.9 Å². The Balaban J connectivity index is 1.98. The first-order valence-electron chi connectivity index (χ1n) is 7.61. The third-order valence-corrected chi connectivity index (χ3v) is 3.88. The first-order chi connectivity index (χ1) is 10.2. The smallest absolute Gasteiger partial charge is 0.269 e. The third kappa shape index (κ3) is 8.83. The van der Waals surface area contributed by atoms with Crippen LogP contribution in [0.5, 0.6) is 0 Å². The number of aryl methyl sites for hydroxylation is 1. The van der Waals surface area contributed by atoms with E-state index in [1.807, 2.05) is 12.1 Å². The molecule has 118 valence electrons. The zero-order chi connectivity index (χ0) is 15.3. The zero-order valence-electron chi connectivity index (χ0n) is 12.4. The van der Waals surface area contributed by atoms with Crippen molar-refractivity contribution in [2.75, 3.05) is 18.5 Å². The maximum Gasteiger partial charge on any atom is 0.269 e. The van der Waals surface area contributed by atoms with Crippen molar-refractivity contribution in [3.05, 3.63) is 39.9 Å². The number of halogens is 1. The Labute approximate surface area is 135 Å². The number of unbranched alkanes of at least 4 members (excludes halogenated alkanes) is 4. The average Bonchev–Trinajstić information content (AvgIpc) is 2.49. The zero-order valence-corrected chi connectivity index (χ0v) is 14.0. The van der Waals surface area contributed by atoms with Gasteiger partial charge in [0.2, 0.25) is 0 Å². The minimum atomic E-state index is -0.366. The summed E-state index contributed by atoms with van der Waals surface area (Å²) in [5, 5.41) is 11.6. The number of ether oxygens (including phenoxy) is 1. The number of non-ortho nitro benzene ring substituents is 1. The molecule has 0 aliphatic heterocycles. The van der Waals surface area contributed by atoms with Gasteiger partial charge < -0.3 is 4.74 Å². The van der Waals surface area contributed by atoms with Gasteiger partial charge in [-0.2, -0.15) is 0 Å². The maximum atomic E-state index is 10.5. The van der Waals surface area contributed by atoms with Crippen molar-refractivity contribution >= 4 is 21.6 Å². The molecule has 0 saturated carbocycles. The lowest BCUT2D eigenvalue weighted by Gasteiger charge is -2.04. The van der Waals surface area contributed by atoms with E-state index in [1.54, 1.807) is 12.1 Å². The summed E-state index contributed by atoms with van der Waals surface area (Å²) in [5.41, 5.74) is 1.30. The number of hydrogen-bond acceptors (Lipinski definition) is 3. The van der Waals surface area contributed by atoms with Gasteiger partial charge in [0.15, 0.2) is 0 Å². The highest BCUT2D eigenvalue weighted by Crippen LogP contribution is 2.13. The van der Waals surface area contributed by atoms with E-state index in [1.165, 1.54) is 19.3 Å². The van der Waals surface area contributed by atoms with E-state index < -0.39 is 0 Å². The molecule has 0 atom stereocenters. The molecule has 0 fully saturated rings. The van der Waals surface area contributed by atoms with Gasteiger partial charge >= 0.3 is 0 Å². The van der Waals surface area contributed by atoms with Crippen LogP contribution in [-0.2, 0) is 11.2 Å². The van der Waals surface area contributed by atoms with E-state index in [2.05, 4.69) is 15.9 Å². The summed E-state index contributed by atoms with van der Waals surface area (Å²) < 4.78 is 5.60. The number of alkyl halides is 1. The highest BCUT2D eigenvalue weighted by atomic mass is 79.9. The molecule has 0 heterocycles.